The summed E-state index contributed by atoms with van der Waals surface area (Å²) in [6, 6.07) is 5.92. The lowest BCUT2D eigenvalue weighted by molar-refractivity contribution is -0.137. The smallest absolute Gasteiger partial charge is 0.304 e. The summed E-state index contributed by atoms with van der Waals surface area (Å²) in [5, 5.41) is 11.5. The number of rotatable bonds is 5. The number of likely N-dealkylation sites (tertiary alicyclic amines) is 1. The molecule has 2 rings (SSSR count). The molecule has 0 aromatic heterocycles. The molecule has 2 N–H and O–H groups in total. The fraction of sp³-hybridized carbons (Fsp3) is 0.467. The lowest BCUT2D eigenvalue weighted by Crippen LogP contribution is -2.45. The van der Waals surface area contributed by atoms with E-state index in [9.17, 15) is 14.0 Å². The van der Waals surface area contributed by atoms with Gasteiger partial charge in [0, 0.05) is 25.7 Å². The molecule has 7 heteroatoms. The van der Waals surface area contributed by atoms with Gasteiger partial charge in [0.2, 0.25) is 0 Å². The van der Waals surface area contributed by atoms with Crippen LogP contribution in [0.3, 0.4) is 0 Å². The molecule has 0 bridgehead atoms. The summed E-state index contributed by atoms with van der Waals surface area (Å²) >= 11 is 0. The van der Waals surface area contributed by atoms with Crippen LogP contribution < -0.4 is 5.32 Å². The molecule has 1 aliphatic heterocycles. The maximum Gasteiger partial charge on any atom is 0.304 e. The van der Waals surface area contributed by atoms with E-state index < -0.39 is 17.7 Å². The third kappa shape index (κ3) is 5.27. The number of carbonyl (C=O) groups is 2. The van der Waals surface area contributed by atoms with Crippen molar-refractivity contribution in [3.8, 4) is 0 Å². The summed E-state index contributed by atoms with van der Waals surface area (Å²) in [4.78, 5) is 24.6. The summed E-state index contributed by atoms with van der Waals surface area (Å²) in [7, 11) is 0. The molecule has 122 valence electrons. The van der Waals surface area contributed by atoms with Crippen LogP contribution in [-0.4, -0.2) is 47.6 Å². The van der Waals surface area contributed by atoms with E-state index in [1.165, 1.54) is 12.1 Å². The average molecular weight is 331 g/mol. The van der Waals surface area contributed by atoms with Crippen molar-refractivity contribution in [2.75, 3.05) is 19.6 Å². The second-order valence-corrected chi connectivity index (χ2v) is 5.21. The van der Waals surface area contributed by atoms with Crippen LogP contribution in [0, 0.1) is 5.82 Å². The van der Waals surface area contributed by atoms with Gasteiger partial charge in [-0.15, -0.1) is 12.4 Å². The monoisotopic (exact) mass is 330 g/mol. The van der Waals surface area contributed by atoms with Crippen molar-refractivity contribution in [3.05, 3.63) is 35.6 Å². The van der Waals surface area contributed by atoms with Crippen LogP contribution in [-0.2, 0) is 4.79 Å². The van der Waals surface area contributed by atoms with E-state index in [0.29, 0.717) is 6.54 Å². The highest BCUT2D eigenvalue weighted by molar-refractivity contribution is 5.94. The molecule has 5 nitrogen and oxygen atoms in total. The number of nitrogens with zero attached hydrogens (tertiary/aromatic N) is 1. The van der Waals surface area contributed by atoms with Gasteiger partial charge in [0.1, 0.15) is 5.82 Å². The molecule has 1 amide bonds. The Hall–Kier alpha value is -1.66. The average Bonchev–Trinajstić information content (AvgIpc) is 2.47. The van der Waals surface area contributed by atoms with Crippen LogP contribution >= 0.6 is 12.4 Å². The molecule has 0 unspecified atom stereocenters. The van der Waals surface area contributed by atoms with Crippen LogP contribution in [0.25, 0.3) is 0 Å². The van der Waals surface area contributed by atoms with Crippen molar-refractivity contribution < 1.29 is 19.1 Å². The van der Waals surface area contributed by atoms with E-state index in [4.69, 9.17) is 5.11 Å². The molecule has 0 spiro atoms. The van der Waals surface area contributed by atoms with Gasteiger partial charge < -0.3 is 15.3 Å². The minimum atomic E-state index is -0.801. The molecule has 0 saturated carbocycles. The quantitative estimate of drug-likeness (QED) is 0.865. The SMILES string of the molecule is Cl.O=C(O)CCN1CCC(NC(=O)c2ccccc2F)CC1. The lowest BCUT2D eigenvalue weighted by atomic mass is 10.0. The van der Waals surface area contributed by atoms with Crippen LogP contribution in [0.1, 0.15) is 29.6 Å². The molecule has 0 aliphatic carbocycles. The number of hydrogen-bond acceptors (Lipinski definition) is 3. The minimum Gasteiger partial charge on any atom is -0.481 e. The zero-order chi connectivity index (χ0) is 15.2. The summed E-state index contributed by atoms with van der Waals surface area (Å²) in [5.74, 6) is -1.71. The number of nitrogens with one attached hydrogen (secondary N) is 1. The second-order valence-electron chi connectivity index (χ2n) is 5.21. The van der Waals surface area contributed by atoms with E-state index in [1.54, 1.807) is 12.1 Å². The van der Waals surface area contributed by atoms with E-state index in [-0.39, 0.29) is 30.4 Å². The zero-order valence-corrected chi connectivity index (χ0v) is 12.9. The Morgan fingerprint density at radius 1 is 1.27 bits per heavy atom. The normalized spacial score (nSPS) is 15.9. The van der Waals surface area contributed by atoms with Gasteiger partial charge in [0.15, 0.2) is 0 Å². The number of piperidine rings is 1. The fourth-order valence-electron chi connectivity index (χ4n) is 2.46. The number of hydrogen-bond donors (Lipinski definition) is 2. The molecular formula is C15H20ClFN2O3. The highest BCUT2D eigenvalue weighted by Gasteiger charge is 2.22. The number of carboxylic acid groups (broad SMARTS) is 1. The van der Waals surface area contributed by atoms with Gasteiger partial charge in [-0.05, 0) is 25.0 Å². The Morgan fingerprint density at radius 2 is 1.91 bits per heavy atom. The number of halogens is 2. The van der Waals surface area contributed by atoms with Gasteiger partial charge in [-0.25, -0.2) is 4.39 Å². The highest BCUT2D eigenvalue weighted by Crippen LogP contribution is 2.13. The van der Waals surface area contributed by atoms with Gasteiger partial charge in [-0.2, -0.15) is 0 Å². The Bertz CT molecular complexity index is 519. The standard InChI is InChI=1S/C15H19FN2O3.ClH/c16-13-4-2-1-3-12(13)15(21)17-11-5-8-18(9-6-11)10-7-14(19)20;/h1-4,11H,5-10H2,(H,17,21)(H,19,20);1H. The minimum absolute atomic E-state index is 0. The predicted molar refractivity (Wildman–Crippen MR) is 82.8 cm³/mol. The maximum atomic E-state index is 13.5. The molecular weight excluding hydrogens is 311 g/mol. The topological polar surface area (TPSA) is 69.6 Å². The largest absolute Gasteiger partial charge is 0.481 e. The Morgan fingerprint density at radius 3 is 2.50 bits per heavy atom. The van der Waals surface area contributed by atoms with E-state index in [0.717, 1.165) is 25.9 Å². The van der Waals surface area contributed by atoms with Crippen LogP contribution in [0.5, 0.6) is 0 Å². The van der Waals surface area contributed by atoms with Crippen molar-refractivity contribution in [1.29, 1.82) is 0 Å². The molecule has 1 heterocycles. The zero-order valence-electron chi connectivity index (χ0n) is 12.1. The molecule has 1 aromatic carbocycles. The summed E-state index contributed by atoms with van der Waals surface area (Å²) in [6.07, 6.45) is 1.63. The van der Waals surface area contributed by atoms with Crippen molar-refractivity contribution in [3.63, 3.8) is 0 Å². The summed E-state index contributed by atoms with van der Waals surface area (Å²) < 4.78 is 13.5. The molecule has 1 saturated heterocycles. The number of aliphatic carboxylic acids is 1. The highest BCUT2D eigenvalue weighted by atomic mass is 35.5. The predicted octanol–water partition coefficient (Wildman–Crippen LogP) is 1.92. The third-order valence-corrected chi connectivity index (χ3v) is 3.68. The van der Waals surface area contributed by atoms with Crippen LogP contribution in [0.2, 0.25) is 0 Å². The maximum absolute atomic E-state index is 13.5. The van der Waals surface area contributed by atoms with Gasteiger partial charge >= 0.3 is 5.97 Å². The van der Waals surface area contributed by atoms with Crippen molar-refractivity contribution in [2.45, 2.75) is 25.3 Å². The van der Waals surface area contributed by atoms with E-state index in [2.05, 4.69) is 10.2 Å². The number of benzene rings is 1. The number of carbonyl (C=O) groups excluding carboxylic acids is 1. The van der Waals surface area contributed by atoms with Gasteiger partial charge in [-0.1, -0.05) is 12.1 Å². The first-order valence-electron chi connectivity index (χ1n) is 7.06. The lowest BCUT2D eigenvalue weighted by Gasteiger charge is -2.32. The molecule has 1 aliphatic rings. The molecule has 0 radical (unpaired) electrons. The van der Waals surface area contributed by atoms with Crippen LogP contribution in [0.15, 0.2) is 24.3 Å². The first-order valence-corrected chi connectivity index (χ1v) is 7.06. The van der Waals surface area contributed by atoms with Gasteiger partial charge in [-0.3, -0.25) is 9.59 Å². The molecule has 0 atom stereocenters. The van der Waals surface area contributed by atoms with Crippen LogP contribution in [0.4, 0.5) is 4.39 Å². The van der Waals surface area contributed by atoms with Gasteiger partial charge in [0.05, 0.1) is 12.0 Å². The summed E-state index contributed by atoms with van der Waals surface area (Å²) in [6.45, 7) is 2.02. The van der Waals surface area contributed by atoms with Crippen molar-refractivity contribution >= 4 is 24.3 Å². The van der Waals surface area contributed by atoms with Gasteiger partial charge in [0.25, 0.3) is 5.91 Å². The second kappa shape index (κ2) is 8.70. The molecule has 1 fully saturated rings. The van der Waals surface area contributed by atoms with E-state index >= 15 is 0 Å². The fourth-order valence-corrected chi connectivity index (χ4v) is 2.46. The Labute approximate surface area is 134 Å². The number of amides is 1. The first kappa shape index (κ1) is 18.4. The first-order chi connectivity index (χ1) is 10.1. The van der Waals surface area contributed by atoms with E-state index in [1.807, 2.05) is 0 Å². The van der Waals surface area contributed by atoms with Crippen molar-refractivity contribution in [2.24, 2.45) is 0 Å². The molecule has 1 aromatic rings. The Balaban J connectivity index is 0.00000242. The number of carboxylic acids is 1. The van der Waals surface area contributed by atoms with Crippen molar-refractivity contribution in [1.82, 2.24) is 10.2 Å². The molecule has 22 heavy (non-hydrogen) atoms. The Kier molecular flexibility index (Phi) is 7.27. The summed E-state index contributed by atoms with van der Waals surface area (Å²) in [5.41, 5.74) is 0.0609. The third-order valence-electron chi connectivity index (χ3n) is 3.68.